The van der Waals surface area contributed by atoms with E-state index in [1.54, 1.807) is 18.2 Å². The summed E-state index contributed by atoms with van der Waals surface area (Å²) in [5.74, 6) is -0.686. The van der Waals surface area contributed by atoms with E-state index >= 15 is 0 Å². The molecule has 2 rings (SSSR count). The molecule has 0 saturated carbocycles. The second kappa shape index (κ2) is 9.00. The highest BCUT2D eigenvalue weighted by Crippen LogP contribution is 2.26. The third kappa shape index (κ3) is 4.76. The Hall–Kier alpha value is -1.44. The summed E-state index contributed by atoms with van der Waals surface area (Å²) in [6.07, 6.45) is 1.46. The number of halogens is 2. The van der Waals surface area contributed by atoms with Crippen LogP contribution in [0.5, 0.6) is 0 Å². The van der Waals surface area contributed by atoms with E-state index in [9.17, 15) is 14.4 Å². The maximum atomic E-state index is 12.2. The van der Waals surface area contributed by atoms with Crippen molar-refractivity contribution in [2.75, 3.05) is 19.6 Å². The van der Waals surface area contributed by atoms with E-state index < -0.39 is 0 Å². The Morgan fingerprint density at radius 2 is 1.87 bits per heavy atom. The number of hydrogen-bond donors (Lipinski definition) is 2. The molecular weight excluding hydrogens is 386 g/mol. The largest absolute Gasteiger partial charge is 0.356 e. The van der Waals surface area contributed by atoms with Crippen LogP contribution in [0.2, 0.25) is 0 Å². The molecular formula is C15H19BrClN3O3. The lowest BCUT2D eigenvalue weighted by Crippen LogP contribution is -2.32. The zero-order valence-electron chi connectivity index (χ0n) is 12.5. The summed E-state index contributed by atoms with van der Waals surface area (Å²) in [5.41, 5.74) is 6.17. The molecule has 0 unspecified atom stereocenters. The Labute approximate surface area is 149 Å². The smallest absolute Gasteiger partial charge is 0.261 e. The second-order valence-electron chi connectivity index (χ2n) is 5.05. The summed E-state index contributed by atoms with van der Waals surface area (Å²) in [4.78, 5) is 37.2. The molecule has 1 aromatic carbocycles. The lowest BCUT2D eigenvalue weighted by Gasteiger charge is -2.13. The van der Waals surface area contributed by atoms with Crippen molar-refractivity contribution >= 4 is 46.1 Å². The molecule has 0 atom stereocenters. The third-order valence-electron chi connectivity index (χ3n) is 3.42. The topological polar surface area (TPSA) is 92.5 Å². The van der Waals surface area contributed by atoms with Crippen LogP contribution >= 0.6 is 28.3 Å². The number of fused-ring (bicyclic) bond motifs is 1. The van der Waals surface area contributed by atoms with E-state index in [2.05, 4.69) is 21.2 Å². The summed E-state index contributed by atoms with van der Waals surface area (Å²) in [6.45, 7) is 1.33. The highest BCUT2D eigenvalue weighted by Gasteiger charge is 2.35. The van der Waals surface area contributed by atoms with Crippen molar-refractivity contribution in [3.63, 3.8) is 0 Å². The number of hydrogen-bond acceptors (Lipinski definition) is 4. The molecule has 1 heterocycles. The van der Waals surface area contributed by atoms with Crippen LogP contribution in [0.4, 0.5) is 0 Å². The Balaban J connectivity index is 0.00000264. The molecule has 0 spiro atoms. The fourth-order valence-corrected chi connectivity index (χ4v) is 2.64. The number of carbonyl (C=O) groups excluding carboxylic acids is 3. The van der Waals surface area contributed by atoms with Gasteiger partial charge in [0, 0.05) is 24.0 Å². The van der Waals surface area contributed by atoms with Crippen LogP contribution in [-0.4, -0.2) is 42.3 Å². The van der Waals surface area contributed by atoms with Gasteiger partial charge in [-0.05, 0) is 37.6 Å². The molecule has 1 aromatic rings. The lowest BCUT2D eigenvalue weighted by molar-refractivity contribution is -0.121. The predicted molar refractivity (Wildman–Crippen MR) is 92.7 cm³/mol. The van der Waals surface area contributed by atoms with Crippen molar-refractivity contribution in [3.8, 4) is 0 Å². The molecule has 0 fully saturated rings. The summed E-state index contributed by atoms with van der Waals surface area (Å²) in [7, 11) is 0. The minimum Gasteiger partial charge on any atom is -0.356 e. The first-order valence-electron chi connectivity index (χ1n) is 7.17. The van der Waals surface area contributed by atoms with Gasteiger partial charge in [0.15, 0.2) is 0 Å². The molecule has 0 radical (unpaired) electrons. The fourth-order valence-electron chi connectivity index (χ4n) is 2.28. The second-order valence-corrected chi connectivity index (χ2v) is 5.96. The molecule has 23 heavy (non-hydrogen) atoms. The number of nitrogens with two attached hydrogens (primary N) is 1. The van der Waals surface area contributed by atoms with Crippen molar-refractivity contribution in [3.05, 3.63) is 33.8 Å². The summed E-state index contributed by atoms with van der Waals surface area (Å²) < 4.78 is 0.758. The highest BCUT2D eigenvalue weighted by molar-refractivity contribution is 9.10. The number of nitrogens with one attached hydrogen (secondary N) is 1. The molecule has 1 aliphatic heterocycles. The van der Waals surface area contributed by atoms with E-state index in [1.165, 1.54) is 4.90 Å². The lowest BCUT2D eigenvalue weighted by atomic mass is 10.1. The maximum Gasteiger partial charge on any atom is 0.261 e. The number of carbonyl (C=O) groups is 3. The Morgan fingerprint density at radius 3 is 2.57 bits per heavy atom. The first-order valence-corrected chi connectivity index (χ1v) is 7.96. The maximum absolute atomic E-state index is 12.2. The Bertz CT molecular complexity index is 610. The number of amides is 3. The minimum absolute atomic E-state index is 0. The van der Waals surface area contributed by atoms with E-state index in [4.69, 9.17) is 5.73 Å². The van der Waals surface area contributed by atoms with Crippen LogP contribution in [-0.2, 0) is 4.79 Å². The predicted octanol–water partition coefficient (Wildman–Crippen LogP) is 1.71. The normalized spacial score (nSPS) is 12.9. The van der Waals surface area contributed by atoms with Crippen LogP contribution in [0.15, 0.2) is 22.7 Å². The van der Waals surface area contributed by atoms with Crippen molar-refractivity contribution in [2.45, 2.75) is 19.3 Å². The Morgan fingerprint density at radius 1 is 1.17 bits per heavy atom. The zero-order chi connectivity index (χ0) is 16.1. The Kier molecular flexibility index (Phi) is 7.67. The summed E-state index contributed by atoms with van der Waals surface area (Å²) in [5, 5.41) is 2.74. The number of benzene rings is 1. The van der Waals surface area contributed by atoms with Gasteiger partial charge >= 0.3 is 0 Å². The number of nitrogens with zero attached hydrogens (tertiary/aromatic N) is 1. The van der Waals surface area contributed by atoms with E-state index in [-0.39, 0.29) is 43.1 Å². The van der Waals surface area contributed by atoms with Gasteiger partial charge in [0.25, 0.3) is 11.8 Å². The molecule has 8 heteroatoms. The van der Waals surface area contributed by atoms with Crippen LogP contribution < -0.4 is 11.1 Å². The van der Waals surface area contributed by atoms with Gasteiger partial charge in [-0.25, -0.2) is 0 Å². The zero-order valence-corrected chi connectivity index (χ0v) is 14.9. The van der Waals surface area contributed by atoms with Crippen LogP contribution in [0.25, 0.3) is 0 Å². The van der Waals surface area contributed by atoms with Gasteiger partial charge < -0.3 is 11.1 Å². The number of rotatable bonds is 7. The van der Waals surface area contributed by atoms with Gasteiger partial charge in [0.2, 0.25) is 5.91 Å². The van der Waals surface area contributed by atoms with Gasteiger partial charge in [0.05, 0.1) is 11.1 Å². The van der Waals surface area contributed by atoms with Gasteiger partial charge in [-0.1, -0.05) is 15.9 Å². The SMILES string of the molecule is Cl.NCCCNC(=O)CCCN1C(=O)c2ccc(Br)cc2C1=O. The highest BCUT2D eigenvalue weighted by atomic mass is 79.9. The molecule has 126 valence electrons. The van der Waals surface area contributed by atoms with Crippen molar-refractivity contribution < 1.29 is 14.4 Å². The molecule has 3 N–H and O–H groups in total. The molecule has 6 nitrogen and oxygen atoms in total. The van der Waals surface area contributed by atoms with Crippen molar-refractivity contribution in [1.82, 2.24) is 10.2 Å². The molecule has 1 aliphatic rings. The van der Waals surface area contributed by atoms with E-state index in [0.29, 0.717) is 30.6 Å². The van der Waals surface area contributed by atoms with Gasteiger partial charge in [0.1, 0.15) is 0 Å². The van der Waals surface area contributed by atoms with Crippen LogP contribution in [0.1, 0.15) is 40.0 Å². The van der Waals surface area contributed by atoms with Crippen molar-refractivity contribution in [2.24, 2.45) is 5.73 Å². The van der Waals surface area contributed by atoms with Gasteiger partial charge in [-0.15, -0.1) is 12.4 Å². The first kappa shape index (κ1) is 19.6. The summed E-state index contributed by atoms with van der Waals surface area (Å²) in [6, 6.07) is 5.02. The van der Waals surface area contributed by atoms with Crippen LogP contribution in [0, 0.1) is 0 Å². The fraction of sp³-hybridized carbons (Fsp3) is 0.400. The minimum atomic E-state index is -0.301. The first-order chi connectivity index (χ1) is 10.5. The van der Waals surface area contributed by atoms with Crippen LogP contribution in [0.3, 0.4) is 0 Å². The standard InChI is InChI=1S/C15H18BrN3O3.ClH/c16-10-4-5-11-12(9-10)15(22)19(14(11)21)8-1-3-13(20)18-7-2-6-17;/h4-5,9H,1-3,6-8,17H2,(H,18,20);1H. The average Bonchev–Trinajstić information content (AvgIpc) is 2.72. The summed E-state index contributed by atoms with van der Waals surface area (Å²) >= 11 is 3.29. The molecule has 0 aromatic heterocycles. The molecule has 0 saturated heterocycles. The van der Waals surface area contributed by atoms with Crippen molar-refractivity contribution in [1.29, 1.82) is 0 Å². The molecule has 0 aliphatic carbocycles. The van der Waals surface area contributed by atoms with E-state index in [0.717, 1.165) is 10.9 Å². The monoisotopic (exact) mass is 403 g/mol. The molecule has 3 amide bonds. The number of imide groups is 1. The third-order valence-corrected chi connectivity index (χ3v) is 3.91. The van der Waals surface area contributed by atoms with Gasteiger partial charge in [-0.3, -0.25) is 19.3 Å². The molecule has 0 bridgehead atoms. The quantitative estimate of drug-likeness (QED) is 0.534. The van der Waals surface area contributed by atoms with Gasteiger partial charge in [-0.2, -0.15) is 0 Å². The average molecular weight is 405 g/mol. The van der Waals surface area contributed by atoms with E-state index in [1.807, 2.05) is 0 Å².